The molecule has 0 saturated carbocycles. The van der Waals surface area contributed by atoms with Crippen molar-refractivity contribution >= 4 is 22.7 Å². The first-order valence-corrected chi connectivity index (χ1v) is 6.76. The number of hydrogen-bond donors (Lipinski definition) is 1. The van der Waals surface area contributed by atoms with Gasteiger partial charge in [-0.1, -0.05) is 0 Å². The van der Waals surface area contributed by atoms with E-state index in [0.29, 0.717) is 0 Å². The quantitative estimate of drug-likeness (QED) is 0.889. The summed E-state index contributed by atoms with van der Waals surface area (Å²) < 4.78 is 0. The minimum absolute atomic E-state index is 0.743. The number of rotatable bonds is 4. The van der Waals surface area contributed by atoms with E-state index in [4.69, 9.17) is 5.73 Å². The van der Waals surface area contributed by atoms with Crippen molar-refractivity contribution in [2.45, 2.75) is 19.8 Å². The van der Waals surface area contributed by atoms with Crippen molar-refractivity contribution in [2.75, 3.05) is 6.54 Å². The van der Waals surface area contributed by atoms with Gasteiger partial charge in [-0.05, 0) is 36.9 Å². The lowest BCUT2D eigenvalue weighted by Gasteiger charge is -1.93. The van der Waals surface area contributed by atoms with Crippen LogP contribution >= 0.6 is 22.7 Å². The molecule has 15 heavy (non-hydrogen) atoms. The van der Waals surface area contributed by atoms with Crippen molar-refractivity contribution in [3.63, 3.8) is 0 Å². The molecule has 0 aliphatic heterocycles. The van der Waals surface area contributed by atoms with Crippen LogP contribution in [0.5, 0.6) is 0 Å². The van der Waals surface area contributed by atoms with Gasteiger partial charge in [0, 0.05) is 11.8 Å². The molecule has 2 aromatic heterocycles. The molecular formula is C11H14N2S2. The Morgan fingerprint density at radius 1 is 1.40 bits per heavy atom. The Bertz CT molecular complexity index is 431. The van der Waals surface area contributed by atoms with Crippen molar-refractivity contribution < 1.29 is 0 Å². The summed E-state index contributed by atoms with van der Waals surface area (Å²) in [6.07, 6.45) is 2.03. The summed E-state index contributed by atoms with van der Waals surface area (Å²) >= 11 is 3.50. The van der Waals surface area contributed by atoms with Crippen LogP contribution < -0.4 is 5.73 Å². The van der Waals surface area contributed by atoms with Gasteiger partial charge in [0.1, 0.15) is 0 Å². The first-order valence-electron chi connectivity index (χ1n) is 5.00. The van der Waals surface area contributed by atoms with Gasteiger partial charge in [-0.3, -0.25) is 0 Å². The van der Waals surface area contributed by atoms with Crippen LogP contribution in [0, 0.1) is 6.92 Å². The fourth-order valence-corrected chi connectivity index (χ4v) is 3.21. The summed E-state index contributed by atoms with van der Waals surface area (Å²) in [5.74, 6) is 0. The van der Waals surface area contributed by atoms with E-state index in [0.717, 1.165) is 25.1 Å². The Kier molecular flexibility index (Phi) is 3.51. The van der Waals surface area contributed by atoms with E-state index in [-0.39, 0.29) is 0 Å². The molecule has 0 atom stereocenters. The number of thiazole rings is 1. The number of hydrogen-bond acceptors (Lipinski definition) is 4. The van der Waals surface area contributed by atoms with E-state index in [9.17, 15) is 0 Å². The van der Waals surface area contributed by atoms with Crippen LogP contribution in [0.15, 0.2) is 16.8 Å². The van der Waals surface area contributed by atoms with Gasteiger partial charge in [-0.15, -0.1) is 22.7 Å². The van der Waals surface area contributed by atoms with E-state index in [1.165, 1.54) is 15.4 Å². The summed E-state index contributed by atoms with van der Waals surface area (Å²) in [5.41, 5.74) is 7.92. The summed E-state index contributed by atoms with van der Waals surface area (Å²) in [4.78, 5) is 5.92. The lowest BCUT2D eigenvalue weighted by Crippen LogP contribution is -1.99. The average molecular weight is 238 g/mol. The molecule has 0 aliphatic rings. The van der Waals surface area contributed by atoms with Crippen LogP contribution in [-0.2, 0) is 6.42 Å². The molecule has 2 N–H and O–H groups in total. The minimum Gasteiger partial charge on any atom is -0.330 e. The van der Waals surface area contributed by atoms with Gasteiger partial charge in [0.25, 0.3) is 0 Å². The molecule has 80 valence electrons. The van der Waals surface area contributed by atoms with E-state index in [1.54, 1.807) is 22.7 Å². The molecule has 2 nitrogen and oxygen atoms in total. The molecule has 4 heteroatoms. The zero-order valence-electron chi connectivity index (χ0n) is 8.69. The molecule has 0 aromatic carbocycles. The Morgan fingerprint density at radius 2 is 2.27 bits per heavy atom. The second-order valence-electron chi connectivity index (χ2n) is 3.45. The van der Waals surface area contributed by atoms with Crippen LogP contribution in [0.2, 0.25) is 0 Å². The third-order valence-electron chi connectivity index (χ3n) is 2.24. The van der Waals surface area contributed by atoms with Crippen LogP contribution in [0.4, 0.5) is 0 Å². The number of aryl methyl sites for hydroxylation is 2. The zero-order chi connectivity index (χ0) is 10.7. The summed E-state index contributed by atoms with van der Waals surface area (Å²) in [7, 11) is 0. The molecule has 0 aliphatic carbocycles. The number of thiophene rings is 1. The van der Waals surface area contributed by atoms with E-state index in [1.807, 2.05) is 0 Å². The van der Waals surface area contributed by atoms with Crippen LogP contribution in [0.3, 0.4) is 0 Å². The Balaban J connectivity index is 2.17. The molecule has 0 saturated heterocycles. The second-order valence-corrected chi connectivity index (χ2v) is 5.31. The van der Waals surface area contributed by atoms with Crippen LogP contribution in [0.1, 0.15) is 17.0 Å². The van der Waals surface area contributed by atoms with Crippen molar-refractivity contribution in [3.05, 3.63) is 27.4 Å². The third kappa shape index (κ3) is 2.45. The maximum atomic E-state index is 5.48. The summed E-state index contributed by atoms with van der Waals surface area (Å²) in [6.45, 7) is 2.87. The fraction of sp³-hybridized carbons (Fsp3) is 0.364. The van der Waals surface area contributed by atoms with Gasteiger partial charge in [0.15, 0.2) is 0 Å². The smallest absolute Gasteiger partial charge is 0.0933 e. The molecule has 2 rings (SSSR count). The topological polar surface area (TPSA) is 38.9 Å². The molecule has 2 aromatic rings. The molecule has 0 fully saturated rings. The molecule has 0 amide bonds. The van der Waals surface area contributed by atoms with Gasteiger partial charge < -0.3 is 5.73 Å². The van der Waals surface area contributed by atoms with Crippen LogP contribution in [0.25, 0.3) is 10.6 Å². The zero-order valence-corrected chi connectivity index (χ0v) is 10.3. The van der Waals surface area contributed by atoms with Crippen molar-refractivity contribution in [2.24, 2.45) is 5.73 Å². The highest BCUT2D eigenvalue weighted by atomic mass is 32.1. The second kappa shape index (κ2) is 4.88. The first kappa shape index (κ1) is 10.8. The third-order valence-corrected chi connectivity index (χ3v) is 4.19. The lowest BCUT2D eigenvalue weighted by molar-refractivity contribution is 0.827. The Labute approximate surface area is 97.8 Å². The SMILES string of the molecule is Cc1ccsc1-c1csc(CCCN)n1. The highest BCUT2D eigenvalue weighted by Gasteiger charge is 2.07. The molecule has 2 heterocycles. The van der Waals surface area contributed by atoms with Crippen molar-refractivity contribution in [3.8, 4) is 10.6 Å². The van der Waals surface area contributed by atoms with Crippen molar-refractivity contribution in [1.29, 1.82) is 0 Å². The Morgan fingerprint density at radius 3 is 2.93 bits per heavy atom. The maximum absolute atomic E-state index is 5.48. The van der Waals surface area contributed by atoms with Gasteiger partial charge in [-0.2, -0.15) is 0 Å². The Hall–Kier alpha value is -0.710. The number of nitrogens with zero attached hydrogens (tertiary/aromatic N) is 1. The van der Waals surface area contributed by atoms with Gasteiger partial charge >= 0.3 is 0 Å². The van der Waals surface area contributed by atoms with Crippen molar-refractivity contribution in [1.82, 2.24) is 4.98 Å². The number of aromatic nitrogens is 1. The van der Waals surface area contributed by atoms with E-state index >= 15 is 0 Å². The van der Waals surface area contributed by atoms with Gasteiger partial charge in [0.2, 0.25) is 0 Å². The predicted molar refractivity (Wildman–Crippen MR) is 67.5 cm³/mol. The summed E-state index contributed by atoms with van der Waals surface area (Å²) in [5, 5.41) is 5.46. The first-order chi connectivity index (χ1) is 7.31. The largest absolute Gasteiger partial charge is 0.330 e. The number of nitrogens with two attached hydrogens (primary N) is 1. The maximum Gasteiger partial charge on any atom is 0.0933 e. The fourth-order valence-electron chi connectivity index (χ4n) is 1.42. The molecule has 0 spiro atoms. The molecule has 0 unspecified atom stereocenters. The van der Waals surface area contributed by atoms with E-state index < -0.39 is 0 Å². The lowest BCUT2D eigenvalue weighted by atomic mass is 10.2. The molecule has 0 radical (unpaired) electrons. The van der Waals surface area contributed by atoms with E-state index in [2.05, 4.69) is 28.7 Å². The standard InChI is InChI=1S/C11H14N2S2/c1-8-4-6-14-11(8)9-7-15-10(13-9)3-2-5-12/h4,6-7H,2-3,5,12H2,1H3. The van der Waals surface area contributed by atoms with Gasteiger partial charge in [0.05, 0.1) is 15.6 Å². The monoisotopic (exact) mass is 238 g/mol. The van der Waals surface area contributed by atoms with Gasteiger partial charge in [-0.25, -0.2) is 4.98 Å². The predicted octanol–water partition coefficient (Wildman–Crippen LogP) is 3.07. The average Bonchev–Trinajstić information content (AvgIpc) is 2.83. The molecular weight excluding hydrogens is 224 g/mol. The normalized spacial score (nSPS) is 10.8. The summed E-state index contributed by atoms with van der Waals surface area (Å²) in [6, 6.07) is 2.14. The minimum atomic E-state index is 0.743. The van der Waals surface area contributed by atoms with Crippen LogP contribution in [-0.4, -0.2) is 11.5 Å². The molecule has 0 bridgehead atoms. The highest BCUT2D eigenvalue weighted by Crippen LogP contribution is 2.30. The highest BCUT2D eigenvalue weighted by molar-refractivity contribution is 7.14.